The van der Waals surface area contributed by atoms with Crippen molar-refractivity contribution >= 4 is 28.5 Å². The molecule has 1 aromatic heterocycles. The van der Waals surface area contributed by atoms with Gasteiger partial charge in [0.25, 0.3) is 5.56 Å². The van der Waals surface area contributed by atoms with Gasteiger partial charge in [-0.15, -0.1) is 0 Å². The first-order valence-electron chi connectivity index (χ1n) is 5.31. The number of aromatic nitrogens is 2. The van der Waals surface area contributed by atoms with E-state index in [1.54, 1.807) is 24.3 Å². The Hall–Kier alpha value is -2.90. The third kappa shape index (κ3) is 2.37. The highest BCUT2D eigenvalue weighted by atomic mass is 16.4. The van der Waals surface area contributed by atoms with Crippen LogP contribution in [0.4, 0.5) is 5.95 Å². The van der Waals surface area contributed by atoms with Crippen LogP contribution in [0.25, 0.3) is 10.9 Å². The number of hydrazone groups is 1. The number of nitrogens with zero attached hydrogens (tertiary/aromatic N) is 3. The molecule has 0 unspecified atom stereocenters. The number of nitrogens with one attached hydrogen (secondary N) is 1. The summed E-state index contributed by atoms with van der Waals surface area (Å²) in [6.07, 6.45) is 0. The molecule has 0 aliphatic heterocycles. The van der Waals surface area contributed by atoms with E-state index in [4.69, 9.17) is 10.9 Å². The summed E-state index contributed by atoms with van der Waals surface area (Å²) in [5, 5.41) is 12.6. The van der Waals surface area contributed by atoms with Gasteiger partial charge in [-0.1, -0.05) is 12.1 Å². The number of nitrogens with two attached hydrogens (primary N) is 1. The average Bonchev–Trinajstić information content (AvgIpc) is 2.40. The number of fused-ring (bicyclic) bond motifs is 1. The Balaban J connectivity index is 2.50. The maximum atomic E-state index is 11.9. The topological polar surface area (TPSA) is 123 Å². The molecule has 2 rings (SSSR count). The molecule has 19 heavy (non-hydrogen) atoms. The number of hydrogen-bond donors (Lipinski definition) is 3. The van der Waals surface area contributed by atoms with E-state index < -0.39 is 11.5 Å². The van der Waals surface area contributed by atoms with E-state index in [1.807, 2.05) is 0 Å². The molecular formula is C11H11N5O3. The number of benzene rings is 1. The fourth-order valence-corrected chi connectivity index (χ4v) is 1.41. The Morgan fingerprint density at radius 1 is 1.47 bits per heavy atom. The van der Waals surface area contributed by atoms with Gasteiger partial charge in [0.2, 0.25) is 5.95 Å². The fourth-order valence-electron chi connectivity index (χ4n) is 1.41. The first-order valence-corrected chi connectivity index (χ1v) is 5.31. The summed E-state index contributed by atoms with van der Waals surface area (Å²) in [7, 11) is 0. The van der Waals surface area contributed by atoms with Gasteiger partial charge in [-0.25, -0.2) is 15.2 Å². The second-order valence-electron chi connectivity index (χ2n) is 3.74. The molecular weight excluding hydrogens is 250 g/mol. The summed E-state index contributed by atoms with van der Waals surface area (Å²) < 4.78 is 0.779. The second-order valence-corrected chi connectivity index (χ2v) is 3.74. The van der Waals surface area contributed by atoms with Crippen molar-refractivity contribution < 1.29 is 9.90 Å². The monoisotopic (exact) mass is 261 g/mol. The predicted octanol–water partition coefficient (Wildman–Crippen LogP) is -0.0173. The van der Waals surface area contributed by atoms with E-state index in [-0.39, 0.29) is 11.7 Å². The van der Waals surface area contributed by atoms with Crippen molar-refractivity contribution in [2.75, 3.05) is 11.3 Å². The standard InChI is InChI=1S/C11H11N5O3/c1-6(10(18)19)14-15-11-13-8-5-3-2-4-7(8)9(17)16(11)12/h2-5H,12H2,1H3,(H,13,15)(H,18,19)/b14-6+. The van der Waals surface area contributed by atoms with Gasteiger partial charge >= 0.3 is 5.97 Å². The molecule has 8 heteroatoms. The summed E-state index contributed by atoms with van der Waals surface area (Å²) in [6.45, 7) is 1.30. The average molecular weight is 261 g/mol. The fraction of sp³-hybridized carbons (Fsp3) is 0.0909. The number of nitrogen functional groups attached to an aromatic ring is 1. The SMILES string of the molecule is C/C(=N\Nc1nc2ccccc2c(=O)n1N)C(=O)O. The molecule has 0 saturated heterocycles. The van der Waals surface area contributed by atoms with Crippen molar-refractivity contribution in [3.63, 3.8) is 0 Å². The van der Waals surface area contributed by atoms with Crippen LogP contribution in [0.15, 0.2) is 34.2 Å². The van der Waals surface area contributed by atoms with Gasteiger partial charge in [0.1, 0.15) is 5.71 Å². The Kier molecular flexibility index (Phi) is 3.15. The molecule has 0 fully saturated rings. The van der Waals surface area contributed by atoms with Crippen LogP contribution in [0.5, 0.6) is 0 Å². The first-order chi connectivity index (χ1) is 9.00. The van der Waals surface area contributed by atoms with Gasteiger partial charge in [0.15, 0.2) is 0 Å². The van der Waals surface area contributed by atoms with Gasteiger partial charge in [-0.05, 0) is 19.1 Å². The van der Waals surface area contributed by atoms with E-state index >= 15 is 0 Å². The molecule has 8 nitrogen and oxygen atoms in total. The summed E-state index contributed by atoms with van der Waals surface area (Å²) in [4.78, 5) is 26.6. The van der Waals surface area contributed by atoms with Crippen molar-refractivity contribution in [2.45, 2.75) is 6.92 Å². The van der Waals surface area contributed by atoms with E-state index in [9.17, 15) is 9.59 Å². The van der Waals surface area contributed by atoms with Gasteiger partial charge in [-0.3, -0.25) is 4.79 Å². The van der Waals surface area contributed by atoms with Crippen LogP contribution >= 0.6 is 0 Å². The molecule has 0 aliphatic rings. The largest absolute Gasteiger partial charge is 0.477 e. The third-order valence-electron chi connectivity index (χ3n) is 2.44. The maximum absolute atomic E-state index is 11.9. The quantitative estimate of drug-likeness (QED) is 0.405. The Bertz CT molecular complexity index is 735. The number of anilines is 1. The molecule has 4 N–H and O–H groups in total. The summed E-state index contributed by atoms with van der Waals surface area (Å²) >= 11 is 0. The van der Waals surface area contributed by atoms with Crippen LogP contribution in [-0.2, 0) is 4.79 Å². The zero-order valence-electron chi connectivity index (χ0n) is 9.99. The summed E-state index contributed by atoms with van der Waals surface area (Å²) in [6, 6.07) is 6.68. The van der Waals surface area contributed by atoms with Crippen molar-refractivity contribution in [3.8, 4) is 0 Å². The van der Waals surface area contributed by atoms with Crippen LogP contribution < -0.4 is 16.8 Å². The van der Waals surface area contributed by atoms with Crippen LogP contribution in [0, 0.1) is 0 Å². The lowest BCUT2D eigenvalue weighted by Crippen LogP contribution is -2.30. The maximum Gasteiger partial charge on any atom is 0.351 e. The van der Waals surface area contributed by atoms with Crippen molar-refractivity contribution in [1.82, 2.24) is 9.66 Å². The predicted molar refractivity (Wildman–Crippen MR) is 70.5 cm³/mol. The smallest absolute Gasteiger partial charge is 0.351 e. The van der Waals surface area contributed by atoms with E-state index in [0.717, 1.165) is 4.68 Å². The molecule has 0 radical (unpaired) electrons. The van der Waals surface area contributed by atoms with Gasteiger partial charge < -0.3 is 10.9 Å². The zero-order chi connectivity index (χ0) is 14.0. The zero-order valence-corrected chi connectivity index (χ0v) is 9.99. The minimum absolute atomic E-state index is 0.0377. The van der Waals surface area contributed by atoms with Gasteiger partial charge in [0.05, 0.1) is 10.9 Å². The molecule has 0 spiro atoms. The minimum Gasteiger partial charge on any atom is -0.477 e. The number of rotatable bonds is 3. The lowest BCUT2D eigenvalue weighted by Gasteiger charge is -2.07. The van der Waals surface area contributed by atoms with Crippen molar-refractivity contribution in [3.05, 3.63) is 34.6 Å². The lowest BCUT2D eigenvalue weighted by molar-refractivity contribution is -0.129. The molecule has 1 aromatic carbocycles. The van der Waals surface area contributed by atoms with E-state index in [0.29, 0.717) is 10.9 Å². The van der Waals surface area contributed by atoms with Crippen molar-refractivity contribution in [1.29, 1.82) is 0 Å². The van der Waals surface area contributed by atoms with Gasteiger partial charge in [-0.2, -0.15) is 9.78 Å². The highest BCUT2D eigenvalue weighted by Gasteiger charge is 2.08. The van der Waals surface area contributed by atoms with E-state index in [2.05, 4.69) is 15.5 Å². The highest BCUT2D eigenvalue weighted by molar-refractivity contribution is 6.34. The number of carboxylic acid groups (broad SMARTS) is 1. The molecule has 1 heterocycles. The number of carboxylic acids is 1. The summed E-state index contributed by atoms with van der Waals surface area (Å²) in [5.74, 6) is 4.35. The molecule has 0 atom stereocenters. The second kappa shape index (κ2) is 4.77. The number of para-hydroxylation sites is 1. The molecule has 0 bridgehead atoms. The minimum atomic E-state index is -1.18. The Morgan fingerprint density at radius 3 is 2.84 bits per heavy atom. The van der Waals surface area contributed by atoms with Crippen LogP contribution in [0.3, 0.4) is 0 Å². The summed E-state index contributed by atoms with van der Waals surface area (Å²) in [5.41, 5.74) is 2.18. The Labute approximate surface area is 107 Å². The van der Waals surface area contributed by atoms with E-state index in [1.165, 1.54) is 6.92 Å². The molecule has 98 valence electrons. The molecule has 0 saturated carbocycles. The highest BCUT2D eigenvalue weighted by Crippen LogP contribution is 2.09. The molecule has 0 amide bonds. The lowest BCUT2D eigenvalue weighted by atomic mass is 10.2. The first kappa shape index (κ1) is 12.6. The third-order valence-corrected chi connectivity index (χ3v) is 2.44. The van der Waals surface area contributed by atoms with Crippen LogP contribution in [-0.4, -0.2) is 26.4 Å². The molecule has 0 aliphatic carbocycles. The molecule has 2 aromatic rings. The van der Waals surface area contributed by atoms with Crippen molar-refractivity contribution in [2.24, 2.45) is 5.10 Å². The number of hydrogen-bond acceptors (Lipinski definition) is 6. The van der Waals surface area contributed by atoms with Gasteiger partial charge in [0, 0.05) is 0 Å². The Morgan fingerprint density at radius 2 is 2.16 bits per heavy atom. The normalized spacial score (nSPS) is 11.5. The van der Waals surface area contributed by atoms with Crippen LogP contribution in [0.1, 0.15) is 6.92 Å². The van der Waals surface area contributed by atoms with Crippen LogP contribution in [0.2, 0.25) is 0 Å². The number of aliphatic carboxylic acids is 1. The number of carbonyl (C=O) groups is 1.